The van der Waals surface area contributed by atoms with Gasteiger partial charge in [0.1, 0.15) is 0 Å². The van der Waals surface area contributed by atoms with Crippen LogP contribution in [0.1, 0.15) is 17.3 Å². The Labute approximate surface area is 89.5 Å². The Hall–Kier alpha value is -0.320. The summed E-state index contributed by atoms with van der Waals surface area (Å²) in [4.78, 5) is 1.18. The predicted octanol–water partition coefficient (Wildman–Crippen LogP) is 2.81. The number of halogens is 1. The lowest BCUT2D eigenvalue weighted by Crippen LogP contribution is -2.10. The molecule has 0 fully saturated rings. The van der Waals surface area contributed by atoms with Crippen molar-refractivity contribution in [2.75, 3.05) is 6.61 Å². The standard InChI is InChI=1S/C9H10BrNOS/c10-8-2-1-7(13-8)9(11)6-3-4-12-5-6/h1-2,5,9H,3-4,11H2. The molecule has 1 atom stereocenters. The second kappa shape index (κ2) is 3.82. The molecule has 0 bridgehead atoms. The number of hydrogen-bond acceptors (Lipinski definition) is 3. The van der Waals surface area contributed by atoms with E-state index in [1.54, 1.807) is 17.6 Å². The monoisotopic (exact) mass is 259 g/mol. The van der Waals surface area contributed by atoms with Gasteiger partial charge in [0.15, 0.2) is 0 Å². The zero-order valence-electron chi connectivity index (χ0n) is 7.00. The summed E-state index contributed by atoms with van der Waals surface area (Å²) in [6, 6.07) is 4.09. The molecule has 2 N–H and O–H groups in total. The Bertz CT molecular complexity index is 334. The van der Waals surface area contributed by atoms with E-state index >= 15 is 0 Å². The molecule has 0 amide bonds. The zero-order chi connectivity index (χ0) is 9.26. The van der Waals surface area contributed by atoms with E-state index in [-0.39, 0.29) is 6.04 Å². The Balaban J connectivity index is 2.16. The van der Waals surface area contributed by atoms with Crippen molar-refractivity contribution in [3.8, 4) is 0 Å². The number of hydrogen-bond donors (Lipinski definition) is 1. The summed E-state index contributed by atoms with van der Waals surface area (Å²) < 4.78 is 6.28. The third-order valence-corrected chi connectivity index (χ3v) is 3.75. The number of rotatable bonds is 2. The SMILES string of the molecule is NC(C1=COCC1)c1ccc(Br)s1. The molecular formula is C9H10BrNOS. The molecule has 0 radical (unpaired) electrons. The van der Waals surface area contributed by atoms with Gasteiger partial charge in [0.05, 0.1) is 22.7 Å². The van der Waals surface area contributed by atoms with Gasteiger partial charge < -0.3 is 10.5 Å². The summed E-state index contributed by atoms with van der Waals surface area (Å²) in [6.07, 6.45) is 2.75. The molecule has 0 aromatic carbocycles. The first-order valence-electron chi connectivity index (χ1n) is 4.09. The highest BCUT2D eigenvalue weighted by Gasteiger charge is 2.17. The van der Waals surface area contributed by atoms with Crippen LogP contribution >= 0.6 is 27.3 Å². The van der Waals surface area contributed by atoms with Gasteiger partial charge in [0.25, 0.3) is 0 Å². The first-order chi connectivity index (χ1) is 6.27. The normalized spacial score (nSPS) is 18.2. The first-order valence-corrected chi connectivity index (χ1v) is 5.69. The van der Waals surface area contributed by atoms with E-state index in [0.29, 0.717) is 0 Å². The molecule has 0 saturated heterocycles. The van der Waals surface area contributed by atoms with Gasteiger partial charge in [0.2, 0.25) is 0 Å². The molecular weight excluding hydrogens is 250 g/mol. The van der Waals surface area contributed by atoms with Crippen LogP contribution in [0, 0.1) is 0 Å². The Morgan fingerprint density at radius 3 is 2.92 bits per heavy atom. The minimum absolute atomic E-state index is 0.0128. The molecule has 2 nitrogen and oxygen atoms in total. The zero-order valence-corrected chi connectivity index (χ0v) is 9.40. The van der Waals surface area contributed by atoms with Crippen LogP contribution in [0.5, 0.6) is 0 Å². The van der Waals surface area contributed by atoms with Crippen LogP contribution in [0.3, 0.4) is 0 Å². The van der Waals surface area contributed by atoms with Crippen molar-refractivity contribution in [1.82, 2.24) is 0 Å². The smallest absolute Gasteiger partial charge is 0.0912 e. The highest BCUT2D eigenvalue weighted by molar-refractivity contribution is 9.11. The maximum Gasteiger partial charge on any atom is 0.0912 e. The average molecular weight is 260 g/mol. The number of nitrogens with two attached hydrogens (primary N) is 1. The van der Waals surface area contributed by atoms with E-state index in [1.807, 2.05) is 6.07 Å². The van der Waals surface area contributed by atoms with Crippen molar-refractivity contribution < 1.29 is 4.74 Å². The van der Waals surface area contributed by atoms with Crippen LogP contribution in [0.15, 0.2) is 27.8 Å². The number of thiophene rings is 1. The predicted molar refractivity (Wildman–Crippen MR) is 57.6 cm³/mol. The maximum atomic E-state index is 6.05. The van der Waals surface area contributed by atoms with E-state index in [0.717, 1.165) is 16.8 Å². The minimum atomic E-state index is 0.0128. The van der Waals surface area contributed by atoms with Gasteiger partial charge in [-0.2, -0.15) is 0 Å². The first kappa shape index (κ1) is 9.24. The molecule has 13 heavy (non-hydrogen) atoms. The molecule has 2 rings (SSSR count). The van der Waals surface area contributed by atoms with Gasteiger partial charge in [-0.1, -0.05) is 0 Å². The summed E-state index contributed by atoms with van der Waals surface area (Å²) in [7, 11) is 0. The van der Waals surface area contributed by atoms with Crippen LogP contribution < -0.4 is 5.73 Å². The van der Waals surface area contributed by atoms with Gasteiger partial charge in [-0.25, -0.2) is 0 Å². The lowest BCUT2D eigenvalue weighted by molar-refractivity contribution is 0.281. The molecule has 0 spiro atoms. The van der Waals surface area contributed by atoms with Gasteiger partial charge >= 0.3 is 0 Å². The number of ether oxygens (including phenoxy) is 1. The van der Waals surface area contributed by atoms with Crippen LogP contribution in [0.4, 0.5) is 0 Å². The van der Waals surface area contributed by atoms with Crippen molar-refractivity contribution >= 4 is 27.3 Å². The molecule has 1 aromatic heterocycles. The van der Waals surface area contributed by atoms with Gasteiger partial charge in [0, 0.05) is 11.3 Å². The molecule has 1 aliphatic rings. The van der Waals surface area contributed by atoms with Crippen LogP contribution in [-0.2, 0) is 4.74 Å². The third kappa shape index (κ3) is 1.95. The summed E-state index contributed by atoms with van der Waals surface area (Å²) in [5.74, 6) is 0. The average Bonchev–Trinajstić information content (AvgIpc) is 2.72. The third-order valence-electron chi connectivity index (χ3n) is 2.04. The largest absolute Gasteiger partial charge is 0.501 e. The van der Waals surface area contributed by atoms with Gasteiger partial charge in [-0.15, -0.1) is 11.3 Å². The van der Waals surface area contributed by atoms with Crippen LogP contribution in [-0.4, -0.2) is 6.61 Å². The lowest BCUT2D eigenvalue weighted by atomic mass is 10.1. The molecule has 1 aliphatic heterocycles. The van der Waals surface area contributed by atoms with E-state index in [9.17, 15) is 0 Å². The van der Waals surface area contributed by atoms with Crippen molar-refractivity contribution in [2.45, 2.75) is 12.5 Å². The fourth-order valence-electron chi connectivity index (χ4n) is 1.31. The Morgan fingerprint density at radius 1 is 1.54 bits per heavy atom. The molecule has 70 valence electrons. The highest BCUT2D eigenvalue weighted by Crippen LogP contribution is 2.32. The van der Waals surface area contributed by atoms with Gasteiger partial charge in [-0.05, 0) is 33.6 Å². The van der Waals surface area contributed by atoms with E-state index in [2.05, 4.69) is 22.0 Å². The molecule has 1 unspecified atom stereocenters. The summed E-state index contributed by atoms with van der Waals surface area (Å²) in [5, 5.41) is 0. The summed E-state index contributed by atoms with van der Waals surface area (Å²) in [5.41, 5.74) is 7.24. The lowest BCUT2D eigenvalue weighted by Gasteiger charge is -2.08. The van der Waals surface area contributed by atoms with E-state index in [1.165, 1.54) is 10.5 Å². The van der Waals surface area contributed by atoms with Crippen molar-refractivity contribution in [1.29, 1.82) is 0 Å². The maximum absolute atomic E-state index is 6.05. The second-order valence-electron chi connectivity index (χ2n) is 2.93. The second-order valence-corrected chi connectivity index (χ2v) is 5.43. The molecule has 4 heteroatoms. The topological polar surface area (TPSA) is 35.2 Å². The van der Waals surface area contributed by atoms with Crippen LogP contribution in [0.2, 0.25) is 0 Å². The summed E-state index contributed by atoms with van der Waals surface area (Å²) >= 11 is 5.10. The summed E-state index contributed by atoms with van der Waals surface area (Å²) in [6.45, 7) is 0.773. The molecule has 0 saturated carbocycles. The van der Waals surface area contributed by atoms with Crippen molar-refractivity contribution in [3.63, 3.8) is 0 Å². The highest BCUT2D eigenvalue weighted by atomic mass is 79.9. The van der Waals surface area contributed by atoms with Crippen molar-refractivity contribution in [3.05, 3.63) is 32.6 Å². The quantitative estimate of drug-likeness (QED) is 0.887. The Morgan fingerprint density at radius 2 is 2.38 bits per heavy atom. The van der Waals surface area contributed by atoms with E-state index < -0.39 is 0 Å². The van der Waals surface area contributed by atoms with E-state index in [4.69, 9.17) is 10.5 Å². The van der Waals surface area contributed by atoms with Crippen molar-refractivity contribution in [2.24, 2.45) is 5.73 Å². The molecule has 1 aromatic rings. The van der Waals surface area contributed by atoms with Gasteiger partial charge in [-0.3, -0.25) is 0 Å². The molecule has 0 aliphatic carbocycles. The minimum Gasteiger partial charge on any atom is -0.501 e. The molecule has 2 heterocycles. The van der Waals surface area contributed by atoms with Crippen LogP contribution in [0.25, 0.3) is 0 Å². The fraction of sp³-hybridized carbons (Fsp3) is 0.333. The fourth-order valence-corrected chi connectivity index (χ4v) is 2.78. The Kier molecular flexibility index (Phi) is 2.71.